The minimum absolute atomic E-state index is 0.231. The Balaban J connectivity index is 1.17. The number of aromatic carboxylic acids is 1. The number of ether oxygens (including phenoxy) is 1. The van der Waals surface area contributed by atoms with Crippen LogP contribution in [0.5, 0.6) is 0 Å². The van der Waals surface area contributed by atoms with Crippen molar-refractivity contribution in [2.45, 2.75) is 32.2 Å². The lowest BCUT2D eigenvalue weighted by atomic mass is 10.1. The Bertz CT molecular complexity index is 1510. The fourth-order valence-electron chi connectivity index (χ4n) is 5.96. The highest BCUT2D eigenvalue weighted by Crippen LogP contribution is 2.61. The lowest BCUT2D eigenvalue weighted by Gasteiger charge is -2.19. The Kier molecular flexibility index (Phi) is 6.77. The third-order valence-electron chi connectivity index (χ3n) is 8.50. The Morgan fingerprint density at radius 2 is 2.00 bits per heavy atom. The molecule has 2 heterocycles. The molecule has 3 unspecified atom stereocenters. The number of fused-ring (bicyclic) bond motifs is 1. The van der Waals surface area contributed by atoms with Gasteiger partial charge in [-0.2, -0.15) is 0 Å². The number of rotatable bonds is 11. The fourth-order valence-corrected chi connectivity index (χ4v) is 5.96. The Morgan fingerprint density at radius 1 is 1.15 bits per heavy atom. The molecular formula is C32H36N4O3. The van der Waals surface area contributed by atoms with E-state index in [1.54, 1.807) is 7.11 Å². The van der Waals surface area contributed by atoms with Gasteiger partial charge in [0.25, 0.3) is 0 Å². The predicted octanol–water partition coefficient (Wildman–Crippen LogP) is 6.37. The molecule has 202 valence electrons. The van der Waals surface area contributed by atoms with E-state index < -0.39 is 5.97 Å². The molecule has 2 saturated carbocycles. The van der Waals surface area contributed by atoms with E-state index in [9.17, 15) is 9.90 Å². The lowest BCUT2D eigenvalue weighted by molar-refractivity contribution is 0.0697. The molecule has 0 bridgehead atoms. The van der Waals surface area contributed by atoms with Gasteiger partial charge in [-0.05, 0) is 90.1 Å². The average molecular weight is 525 g/mol. The highest BCUT2D eigenvalue weighted by molar-refractivity contribution is 5.95. The van der Waals surface area contributed by atoms with E-state index in [2.05, 4.69) is 76.3 Å². The molecule has 0 saturated heterocycles. The summed E-state index contributed by atoms with van der Waals surface area (Å²) in [5.41, 5.74) is 5.62. The van der Waals surface area contributed by atoms with Gasteiger partial charge < -0.3 is 24.6 Å². The first-order valence-electron chi connectivity index (χ1n) is 13.8. The standard InChI is InChI=1S/C32H36N4O3/c1-20-13-26(20)28-17-27(28)23-16-29(32(37)38)31(33-18-23)34-24-7-8-30-22(15-24)9-10-36(30)19-21-5-4-6-25(14-21)35(2)11-12-39-3/h4-10,14-16,18,20,26-28H,11-13,17,19H2,1-3H3,(H,33,34)(H,37,38)/t20?,26-,27?,28?/m0/s1. The molecule has 4 aromatic rings. The quantitative estimate of drug-likeness (QED) is 0.237. The summed E-state index contributed by atoms with van der Waals surface area (Å²) in [6, 6.07) is 18.6. The van der Waals surface area contributed by atoms with Gasteiger partial charge in [0.1, 0.15) is 11.4 Å². The normalized spacial score (nSPS) is 21.6. The van der Waals surface area contributed by atoms with Crippen molar-refractivity contribution in [2.75, 3.05) is 37.5 Å². The van der Waals surface area contributed by atoms with Crippen molar-refractivity contribution in [2.24, 2.45) is 17.8 Å². The third-order valence-corrected chi connectivity index (χ3v) is 8.50. The van der Waals surface area contributed by atoms with Gasteiger partial charge in [0.05, 0.1) is 6.61 Å². The number of likely N-dealkylation sites (N-methyl/N-ethyl adjacent to an activating group) is 1. The number of pyridine rings is 1. The number of carbonyl (C=O) groups is 1. The molecule has 2 aliphatic carbocycles. The van der Waals surface area contributed by atoms with Crippen molar-refractivity contribution in [3.8, 4) is 0 Å². The zero-order chi connectivity index (χ0) is 27.1. The number of benzene rings is 2. The molecule has 0 spiro atoms. The van der Waals surface area contributed by atoms with E-state index in [0.717, 1.165) is 53.5 Å². The summed E-state index contributed by atoms with van der Waals surface area (Å²) in [5, 5.41) is 14.3. The topological polar surface area (TPSA) is 79.6 Å². The minimum atomic E-state index is -0.953. The molecule has 2 fully saturated rings. The summed E-state index contributed by atoms with van der Waals surface area (Å²) in [5.74, 6) is 2.22. The molecule has 2 aromatic carbocycles. The molecule has 0 aliphatic heterocycles. The van der Waals surface area contributed by atoms with Crippen LogP contribution in [-0.4, -0.2) is 47.9 Å². The number of hydrogen-bond donors (Lipinski definition) is 2. The summed E-state index contributed by atoms with van der Waals surface area (Å²) in [4.78, 5) is 18.9. The second kappa shape index (κ2) is 10.4. The molecular weight excluding hydrogens is 488 g/mol. The number of carboxylic acids is 1. The average Bonchev–Trinajstić information content (AvgIpc) is 3.84. The van der Waals surface area contributed by atoms with Crippen LogP contribution < -0.4 is 10.2 Å². The minimum Gasteiger partial charge on any atom is -0.478 e. The highest BCUT2D eigenvalue weighted by atomic mass is 16.5. The third kappa shape index (κ3) is 5.36. The maximum Gasteiger partial charge on any atom is 0.339 e. The SMILES string of the molecule is COCCN(C)c1cccc(Cn2ccc3cc(Nc4ncc(C5CC5[C@H]5CC5C)cc4C(=O)O)ccc32)c1. The van der Waals surface area contributed by atoms with Crippen LogP contribution in [-0.2, 0) is 11.3 Å². The van der Waals surface area contributed by atoms with Gasteiger partial charge in [-0.25, -0.2) is 9.78 Å². The van der Waals surface area contributed by atoms with Crippen molar-refractivity contribution >= 4 is 34.1 Å². The number of nitrogens with zero attached hydrogens (tertiary/aromatic N) is 3. The summed E-state index contributed by atoms with van der Waals surface area (Å²) in [7, 11) is 3.80. The maximum atomic E-state index is 12.1. The van der Waals surface area contributed by atoms with Crippen molar-refractivity contribution in [3.63, 3.8) is 0 Å². The number of anilines is 3. The monoisotopic (exact) mass is 524 g/mol. The molecule has 2 aromatic heterocycles. The number of carboxylic acid groups (broad SMARTS) is 1. The molecule has 39 heavy (non-hydrogen) atoms. The Hall–Kier alpha value is -3.84. The van der Waals surface area contributed by atoms with Gasteiger partial charge in [0.15, 0.2) is 0 Å². The molecule has 7 nitrogen and oxygen atoms in total. The van der Waals surface area contributed by atoms with Crippen LogP contribution in [0.15, 0.2) is 67.0 Å². The van der Waals surface area contributed by atoms with Gasteiger partial charge in [0.2, 0.25) is 0 Å². The zero-order valence-corrected chi connectivity index (χ0v) is 22.8. The largest absolute Gasteiger partial charge is 0.478 e. The molecule has 4 atom stereocenters. The Morgan fingerprint density at radius 3 is 2.77 bits per heavy atom. The van der Waals surface area contributed by atoms with Crippen LogP contribution >= 0.6 is 0 Å². The van der Waals surface area contributed by atoms with Crippen LogP contribution in [0, 0.1) is 17.8 Å². The second-order valence-corrected chi connectivity index (χ2v) is 11.3. The van der Waals surface area contributed by atoms with Crippen LogP contribution in [0.25, 0.3) is 10.9 Å². The first kappa shape index (κ1) is 25.4. The molecule has 6 rings (SSSR count). The first-order valence-corrected chi connectivity index (χ1v) is 13.8. The van der Waals surface area contributed by atoms with Crippen molar-refractivity contribution < 1.29 is 14.6 Å². The van der Waals surface area contributed by atoms with Crippen LogP contribution in [0.3, 0.4) is 0 Å². The summed E-state index contributed by atoms with van der Waals surface area (Å²) in [6.07, 6.45) is 6.43. The van der Waals surface area contributed by atoms with Crippen LogP contribution in [0.1, 0.15) is 47.2 Å². The van der Waals surface area contributed by atoms with Gasteiger partial charge in [0, 0.05) is 61.9 Å². The number of nitrogens with one attached hydrogen (secondary N) is 1. The summed E-state index contributed by atoms with van der Waals surface area (Å²) < 4.78 is 7.44. The van der Waals surface area contributed by atoms with Gasteiger partial charge in [-0.1, -0.05) is 19.1 Å². The maximum absolute atomic E-state index is 12.1. The summed E-state index contributed by atoms with van der Waals surface area (Å²) in [6.45, 7) is 4.59. The second-order valence-electron chi connectivity index (χ2n) is 11.3. The van der Waals surface area contributed by atoms with Crippen LogP contribution in [0.4, 0.5) is 17.2 Å². The molecule has 0 radical (unpaired) electrons. The van der Waals surface area contributed by atoms with Crippen molar-refractivity contribution in [1.29, 1.82) is 0 Å². The van der Waals surface area contributed by atoms with E-state index >= 15 is 0 Å². The smallest absolute Gasteiger partial charge is 0.339 e. The van der Waals surface area contributed by atoms with Gasteiger partial charge in [-0.15, -0.1) is 0 Å². The van der Waals surface area contributed by atoms with E-state index in [-0.39, 0.29) is 5.56 Å². The number of aromatic nitrogens is 2. The molecule has 0 amide bonds. The molecule has 2 aliphatic rings. The lowest BCUT2D eigenvalue weighted by Crippen LogP contribution is -2.22. The van der Waals surface area contributed by atoms with Crippen molar-refractivity contribution in [1.82, 2.24) is 9.55 Å². The van der Waals surface area contributed by atoms with Crippen LogP contribution in [0.2, 0.25) is 0 Å². The van der Waals surface area contributed by atoms with E-state index in [0.29, 0.717) is 24.3 Å². The van der Waals surface area contributed by atoms with E-state index in [4.69, 9.17) is 4.74 Å². The zero-order valence-electron chi connectivity index (χ0n) is 22.8. The number of methoxy groups -OCH3 is 1. The van der Waals surface area contributed by atoms with E-state index in [1.807, 2.05) is 24.4 Å². The van der Waals surface area contributed by atoms with Crippen molar-refractivity contribution in [3.05, 3.63) is 83.7 Å². The molecule has 7 heteroatoms. The van der Waals surface area contributed by atoms with Gasteiger partial charge in [-0.3, -0.25) is 0 Å². The van der Waals surface area contributed by atoms with Gasteiger partial charge >= 0.3 is 5.97 Å². The number of hydrogen-bond acceptors (Lipinski definition) is 5. The summed E-state index contributed by atoms with van der Waals surface area (Å²) >= 11 is 0. The molecule has 2 N–H and O–H groups in total. The predicted molar refractivity (Wildman–Crippen MR) is 155 cm³/mol. The highest BCUT2D eigenvalue weighted by Gasteiger charge is 2.52. The first-order chi connectivity index (χ1) is 18.9. The Labute approximate surface area is 229 Å². The fraction of sp³-hybridized carbons (Fsp3) is 0.375. The van der Waals surface area contributed by atoms with E-state index in [1.165, 1.54) is 17.7 Å².